The van der Waals surface area contributed by atoms with Crippen molar-refractivity contribution in [3.8, 4) is 16.9 Å². The smallest absolute Gasteiger partial charge is 0.448 e. The molecule has 0 aromatic heterocycles. The standard InChI is InChI=1S/C28H26F3NO3S/c1-17-7-6-8-18(2)26(17)20-9-10-21-15-32(16-22(21)13-20)27(33)24-14-23(36(4,5)34)11-12-25(24)35-19(3)28(29,30)31/h6-14H,3-4,15-16H2,1-2,5H3. The van der Waals surface area contributed by atoms with Crippen LogP contribution in [0.1, 0.15) is 32.6 Å². The molecule has 3 aromatic rings. The van der Waals surface area contributed by atoms with E-state index in [1.165, 1.54) is 29.4 Å². The number of rotatable bonds is 5. The number of benzene rings is 3. The van der Waals surface area contributed by atoms with Crippen molar-refractivity contribution in [2.45, 2.75) is 38.0 Å². The number of amides is 1. The fourth-order valence-corrected chi connectivity index (χ4v) is 5.08. The zero-order valence-corrected chi connectivity index (χ0v) is 21.1. The first-order valence-corrected chi connectivity index (χ1v) is 13.3. The van der Waals surface area contributed by atoms with Crippen LogP contribution in [0.15, 0.2) is 71.8 Å². The number of alkyl halides is 3. The Bertz CT molecular complexity index is 1470. The minimum absolute atomic E-state index is 0.126. The van der Waals surface area contributed by atoms with E-state index in [9.17, 15) is 22.2 Å². The van der Waals surface area contributed by atoms with Crippen molar-refractivity contribution < 1.29 is 26.9 Å². The van der Waals surface area contributed by atoms with Gasteiger partial charge in [0.15, 0.2) is 0 Å². The van der Waals surface area contributed by atoms with Crippen LogP contribution < -0.4 is 4.74 Å². The van der Waals surface area contributed by atoms with Crippen molar-refractivity contribution in [2.24, 2.45) is 0 Å². The highest BCUT2D eigenvalue weighted by atomic mass is 32.2. The van der Waals surface area contributed by atoms with E-state index in [-0.39, 0.29) is 29.3 Å². The summed E-state index contributed by atoms with van der Waals surface area (Å²) in [5.41, 5.74) is 6.23. The molecule has 1 heterocycles. The van der Waals surface area contributed by atoms with Crippen LogP contribution in [0.4, 0.5) is 13.2 Å². The van der Waals surface area contributed by atoms with Gasteiger partial charge in [0.05, 0.1) is 5.56 Å². The van der Waals surface area contributed by atoms with Crippen LogP contribution in [0.5, 0.6) is 5.75 Å². The minimum atomic E-state index is -4.79. The van der Waals surface area contributed by atoms with Gasteiger partial charge in [0.2, 0.25) is 5.76 Å². The van der Waals surface area contributed by atoms with E-state index in [4.69, 9.17) is 4.74 Å². The molecule has 4 rings (SSSR count). The zero-order valence-electron chi connectivity index (χ0n) is 20.2. The number of allylic oxidation sites excluding steroid dienone is 1. The molecule has 1 unspecified atom stereocenters. The van der Waals surface area contributed by atoms with Gasteiger partial charge in [-0.15, -0.1) is 0 Å². The van der Waals surface area contributed by atoms with Crippen LogP contribution in [0.25, 0.3) is 11.1 Å². The van der Waals surface area contributed by atoms with Gasteiger partial charge in [0, 0.05) is 24.2 Å². The molecule has 1 aliphatic heterocycles. The summed E-state index contributed by atoms with van der Waals surface area (Å²) in [5, 5.41) is 0. The maximum absolute atomic E-state index is 13.5. The fraction of sp³-hybridized carbons (Fsp3) is 0.214. The van der Waals surface area contributed by atoms with Crippen LogP contribution in [0, 0.1) is 13.8 Å². The van der Waals surface area contributed by atoms with Crippen LogP contribution in [-0.2, 0) is 22.6 Å². The van der Waals surface area contributed by atoms with E-state index in [1.807, 2.05) is 50.2 Å². The number of ether oxygens (including phenoxy) is 1. The van der Waals surface area contributed by atoms with Gasteiger partial charge >= 0.3 is 6.18 Å². The molecule has 0 N–H and O–H groups in total. The second-order valence-electron chi connectivity index (χ2n) is 9.10. The fourth-order valence-electron chi connectivity index (χ4n) is 4.36. The average Bonchev–Trinajstić information content (AvgIpc) is 3.21. The van der Waals surface area contributed by atoms with E-state index in [0.717, 1.165) is 33.4 Å². The summed E-state index contributed by atoms with van der Waals surface area (Å²) in [6.45, 7) is 7.59. The molecule has 0 saturated heterocycles. The summed E-state index contributed by atoms with van der Waals surface area (Å²) in [4.78, 5) is 15.3. The molecule has 1 aliphatic rings. The number of aryl methyl sites for hydroxylation is 2. The Morgan fingerprint density at radius 1 is 1.00 bits per heavy atom. The summed E-state index contributed by atoms with van der Waals surface area (Å²) in [6.07, 6.45) is -3.40. The van der Waals surface area contributed by atoms with Crippen molar-refractivity contribution in [3.05, 3.63) is 94.8 Å². The second-order valence-corrected chi connectivity index (χ2v) is 11.6. The number of halogens is 3. The van der Waals surface area contributed by atoms with Gasteiger partial charge in [0.1, 0.15) is 5.75 Å². The van der Waals surface area contributed by atoms with Gasteiger partial charge in [-0.1, -0.05) is 36.9 Å². The van der Waals surface area contributed by atoms with Crippen LogP contribution >= 0.6 is 0 Å². The van der Waals surface area contributed by atoms with Gasteiger partial charge in [0.25, 0.3) is 5.91 Å². The predicted molar refractivity (Wildman–Crippen MR) is 137 cm³/mol. The molecule has 1 amide bonds. The first-order chi connectivity index (χ1) is 16.8. The van der Waals surface area contributed by atoms with Crippen molar-refractivity contribution in [2.75, 3.05) is 6.26 Å². The summed E-state index contributed by atoms with van der Waals surface area (Å²) in [7, 11) is -2.73. The first-order valence-electron chi connectivity index (χ1n) is 11.1. The molecule has 188 valence electrons. The Hall–Kier alpha value is -3.52. The quantitative estimate of drug-likeness (QED) is 0.298. The maximum Gasteiger partial charge on any atom is 0.448 e. The van der Waals surface area contributed by atoms with E-state index >= 15 is 0 Å². The van der Waals surface area contributed by atoms with Gasteiger partial charge < -0.3 is 9.64 Å². The molecule has 0 spiro atoms. The van der Waals surface area contributed by atoms with Gasteiger partial charge in [-0.3, -0.25) is 9.00 Å². The number of nitrogens with zero attached hydrogens (tertiary/aromatic N) is 1. The third-order valence-electron chi connectivity index (χ3n) is 6.22. The lowest BCUT2D eigenvalue weighted by Crippen LogP contribution is -2.26. The normalized spacial score (nSPS) is 14.8. The lowest BCUT2D eigenvalue weighted by atomic mass is 9.94. The van der Waals surface area contributed by atoms with E-state index < -0.39 is 27.4 Å². The van der Waals surface area contributed by atoms with E-state index in [1.54, 1.807) is 0 Å². The zero-order chi connectivity index (χ0) is 26.4. The molecule has 0 bridgehead atoms. The van der Waals surface area contributed by atoms with Crippen molar-refractivity contribution >= 4 is 21.3 Å². The van der Waals surface area contributed by atoms with Crippen LogP contribution in [-0.4, -0.2) is 33.3 Å². The average molecular weight is 514 g/mol. The maximum atomic E-state index is 13.5. The molecule has 36 heavy (non-hydrogen) atoms. The number of hydrogen-bond acceptors (Lipinski definition) is 3. The lowest BCUT2D eigenvalue weighted by Gasteiger charge is -2.20. The third kappa shape index (κ3) is 5.04. The molecule has 4 nitrogen and oxygen atoms in total. The molecule has 0 aliphatic carbocycles. The number of fused-ring (bicyclic) bond motifs is 1. The molecular formula is C28H26F3NO3S. The minimum Gasteiger partial charge on any atom is -0.452 e. The van der Waals surface area contributed by atoms with Gasteiger partial charge in [-0.25, -0.2) is 0 Å². The van der Waals surface area contributed by atoms with Crippen molar-refractivity contribution in [1.82, 2.24) is 4.90 Å². The molecule has 8 heteroatoms. The molecule has 0 saturated carbocycles. The number of carbonyl (C=O) groups excluding carboxylic acids is 1. The molecule has 1 atom stereocenters. The SMILES string of the molecule is C=C(Oc1ccc(S(=C)(C)=O)cc1C(=O)N1Cc2ccc(-c3c(C)cccc3C)cc2C1)C(F)(F)F. The molecule has 0 fully saturated rings. The van der Waals surface area contributed by atoms with Gasteiger partial charge in [-0.05, 0) is 86.9 Å². The summed E-state index contributed by atoms with van der Waals surface area (Å²) < 4.78 is 56.7. The largest absolute Gasteiger partial charge is 0.452 e. The van der Waals surface area contributed by atoms with E-state index in [0.29, 0.717) is 0 Å². The summed E-state index contributed by atoms with van der Waals surface area (Å²) >= 11 is 0. The van der Waals surface area contributed by atoms with Crippen LogP contribution in [0.2, 0.25) is 0 Å². The van der Waals surface area contributed by atoms with Gasteiger partial charge in [-0.2, -0.15) is 13.2 Å². The lowest BCUT2D eigenvalue weighted by molar-refractivity contribution is -0.115. The summed E-state index contributed by atoms with van der Waals surface area (Å²) in [6, 6.07) is 16.0. The highest BCUT2D eigenvalue weighted by Crippen LogP contribution is 2.35. The Kier molecular flexibility index (Phi) is 6.51. The Morgan fingerprint density at radius 3 is 2.25 bits per heavy atom. The Balaban J connectivity index is 1.68. The van der Waals surface area contributed by atoms with E-state index in [2.05, 4.69) is 12.4 Å². The predicted octanol–water partition coefficient (Wildman–Crippen LogP) is 6.29. The molecule has 0 radical (unpaired) electrons. The monoisotopic (exact) mass is 513 g/mol. The van der Waals surface area contributed by atoms with Crippen molar-refractivity contribution in [3.63, 3.8) is 0 Å². The van der Waals surface area contributed by atoms with Crippen LogP contribution in [0.3, 0.4) is 0 Å². The summed E-state index contributed by atoms with van der Waals surface area (Å²) in [5.74, 6) is 1.34. The number of hydrogen-bond donors (Lipinski definition) is 0. The molecule has 3 aromatic carbocycles. The molecular weight excluding hydrogens is 487 g/mol. The topological polar surface area (TPSA) is 46.6 Å². The number of carbonyl (C=O) groups is 1. The highest BCUT2D eigenvalue weighted by molar-refractivity contribution is 7.99. The Morgan fingerprint density at radius 2 is 1.64 bits per heavy atom. The van der Waals surface area contributed by atoms with Crippen molar-refractivity contribution in [1.29, 1.82) is 0 Å². The highest BCUT2D eigenvalue weighted by Gasteiger charge is 2.36. The first kappa shape index (κ1) is 25.6. The second kappa shape index (κ2) is 9.17. The Labute approximate surface area is 209 Å². The third-order valence-corrected chi connectivity index (χ3v) is 7.47.